The van der Waals surface area contributed by atoms with Gasteiger partial charge < -0.3 is 26.5 Å². The van der Waals surface area contributed by atoms with Crippen LogP contribution in [-0.2, 0) is 63.1 Å². The predicted molar refractivity (Wildman–Crippen MR) is 203 cm³/mol. The van der Waals surface area contributed by atoms with E-state index < -0.39 is 12.1 Å². The fraction of sp³-hybridized carbons (Fsp3) is 0.231. The molecule has 1 radical (unpaired) electrons. The Kier molecular flexibility index (Phi) is 14.5. The number of aldehydes is 1. The minimum Gasteiger partial charge on any atom is -0.392 e. The number of halogens is 1. The molecule has 2 fully saturated rings. The summed E-state index contributed by atoms with van der Waals surface area (Å²) in [6.07, 6.45) is 8.45. The van der Waals surface area contributed by atoms with Gasteiger partial charge in [-0.05, 0) is 65.0 Å². The van der Waals surface area contributed by atoms with Crippen LogP contribution in [-0.4, -0.2) is 60.7 Å². The molecule has 0 aliphatic carbocycles. The number of imide groups is 2. The van der Waals surface area contributed by atoms with Crippen LogP contribution < -0.4 is 10.6 Å². The third-order valence-corrected chi connectivity index (χ3v) is 9.58. The maximum absolute atomic E-state index is 12.4. The number of carbonyl (C=O) groups is 5. The molecule has 2 aromatic carbocycles. The van der Waals surface area contributed by atoms with E-state index in [1.54, 1.807) is 12.4 Å². The maximum atomic E-state index is 12.4. The number of aliphatic hydroxyl groups is 1. The molecule has 12 nitrogen and oxygen atoms in total. The van der Waals surface area contributed by atoms with E-state index in [1.807, 2.05) is 69.8 Å². The van der Waals surface area contributed by atoms with Crippen LogP contribution in [0.3, 0.4) is 0 Å². The zero-order chi connectivity index (χ0) is 36.1. The molecule has 53 heavy (non-hydrogen) atoms. The number of pyridine rings is 2. The minimum atomic E-state index is -0.464. The van der Waals surface area contributed by atoms with Gasteiger partial charge in [-0.25, -0.2) is 9.97 Å². The molecule has 2 aliphatic heterocycles. The van der Waals surface area contributed by atoms with Crippen LogP contribution >= 0.6 is 15.9 Å². The molecule has 0 spiro atoms. The number of aryl methyl sites for hydroxylation is 1. The first-order valence-corrected chi connectivity index (χ1v) is 17.3. The van der Waals surface area contributed by atoms with Crippen LogP contribution in [0.25, 0.3) is 43.9 Å². The van der Waals surface area contributed by atoms with E-state index in [-0.39, 0.29) is 70.4 Å². The van der Waals surface area contributed by atoms with Crippen LogP contribution in [0.2, 0.25) is 0 Å². The summed E-state index contributed by atoms with van der Waals surface area (Å²) in [6, 6.07) is 18.7. The molecule has 4 amide bonds. The van der Waals surface area contributed by atoms with E-state index in [2.05, 4.69) is 43.1 Å². The summed E-state index contributed by atoms with van der Waals surface area (Å²) in [5, 5.41) is 16.6. The van der Waals surface area contributed by atoms with E-state index >= 15 is 0 Å². The topological polar surface area (TPSA) is 165 Å². The number of hydrogen-bond donors (Lipinski definition) is 3. The summed E-state index contributed by atoms with van der Waals surface area (Å²) in [7, 11) is 0. The number of piperidine rings is 2. The number of amides is 4. The number of aromatic nitrogens is 4. The molecule has 3 N–H and O–H groups in total. The van der Waals surface area contributed by atoms with Gasteiger partial charge in [0.05, 0.1) is 17.6 Å². The second-order valence-corrected chi connectivity index (χ2v) is 12.9. The van der Waals surface area contributed by atoms with Crippen molar-refractivity contribution in [1.29, 1.82) is 0 Å². The predicted octanol–water partition coefficient (Wildman–Crippen LogP) is 5.84. The first-order chi connectivity index (χ1) is 24.8. The van der Waals surface area contributed by atoms with Gasteiger partial charge in [0.2, 0.25) is 23.6 Å². The summed E-state index contributed by atoms with van der Waals surface area (Å²) in [6.45, 7) is 3.31. The molecule has 6 aromatic rings. The van der Waals surface area contributed by atoms with Gasteiger partial charge in [-0.2, -0.15) is 0 Å². The van der Waals surface area contributed by atoms with Gasteiger partial charge in [-0.1, -0.05) is 42.5 Å². The van der Waals surface area contributed by atoms with Crippen molar-refractivity contribution < 1.29 is 61.8 Å². The molecule has 4 aromatic heterocycles. The third-order valence-electron chi connectivity index (χ3n) is 8.92. The molecule has 14 heteroatoms. The fourth-order valence-corrected chi connectivity index (χ4v) is 7.26. The van der Waals surface area contributed by atoms with E-state index in [1.165, 1.54) is 6.08 Å². The van der Waals surface area contributed by atoms with Gasteiger partial charge in [0.25, 0.3) is 0 Å². The van der Waals surface area contributed by atoms with Crippen molar-refractivity contribution in [3.05, 3.63) is 103 Å². The number of rotatable bonds is 6. The van der Waals surface area contributed by atoms with E-state index in [0.29, 0.717) is 38.5 Å². The Bertz CT molecular complexity index is 2340. The van der Waals surface area contributed by atoms with Gasteiger partial charge in [0, 0.05) is 90.4 Å². The fourth-order valence-electron chi connectivity index (χ4n) is 6.75. The van der Waals surface area contributed by atoms with Gasteiger partial charge in [-0.15, -0.1) is 6.58 Å². The number of nitrogens with zero attached hydrogens (tertiary/aromatic N) is 4. The number of aliphatic hydroxyl groups excluding tert-OH is 1. The van der Waals surface area contributed by atoms with Crippen molar-refractivity contribution in [2.75, 3.05) is 6.61 Å². The second kappa shape index (κ2) is 18.6. The average molecular weight is 856 g/mol. The summed E-state index contributed by atoms with van der Waals surface area (Å²) in [5.41, 5.74) is 4.38. The molecule has 2 aliphatic rings. The van der Waals surface area contributed by atoms with Crippen molar-refractivity contribution in [2.45, 2.75) is 50.6 Å². The molecular weight excluding hydrogens is 817 g/mol. The van der Waals surface area contributed by atoms with Gasteiger partial charge in [0.1, 0.15) is 29.7 Å². The van der Waals surface area contributed by atoms with Crippen LogP contribution in [0.1, 0.15) is 49.8 Å². The van der Waals surface area contributed by atoms with Crippen LogP contribution in [0.5, 0.6) is 0 Å². The van der Waals surface area contributed by atoms with Crippen LogP contribution in [0.15, 0.2) is 90.2 Å². The summed E-state index contributed by atoms with van der Waals surface area (Å²) in [5.74, 6) is -1.00. The van der Waals surface area contributed by atoms with Crippen molar-refractivity contribution in [1.82, 2.24) is 29.7 Å². The van der Waals surface area contributed by atoms with Crippen molar-refractivity contribution in [3.63, 3.8) is 0 Å². The SMILES string of the molecule is C=CCO.O=C1CCC(n2c3ccccc3c3c(Br)ccnc32)C(=O)N1.O=CCCc1ccnc2c1c1ccccc1n2C1CCC(=O)NC1=O.[CH3-].[Y]. The molecule has 8 rings (SSSR count). The molecule has 2 atom stereocenters. The normalized spacial score (nSPS) is 16.7. The Hall–Kier alpha value is -4.43. The molecule has 271 valence electrons. The van der Waals surface area contributed by atoms with E-state index in [9.17, 15) is 24.0 Å². The summed E-state index contributed by atoms with van der Waals surface area (Å²) < 4.78 is 4.81. The molecule has 0 saturated carbocycles. The van der Waals surface area contributed by atoms with Crippen molar-refractivity contribution in [3.8, 4) is 0 Å². The number of nitrogens with one attached hydrogen (secondary N) is 2. The van der Waals surface area contributed by atoms with Crippen LogP contribution in [0, 0.1) is 7.43 Å². The molecule has 0 bridgehead atoms. The van der Waals surface area contributed by atoms with E-state index in [0.717, 1.165) is 60.2 Å². The first-order valence-electron chi connectivity index (χ1n) is 16.5. The Morgan fingerprint density at radius 1 is 0.792 bits per heavy atom. The Labute approximate surface area is 339 Å². The molecule has 2 saturated heterocycles. The number of hydrogen-bond acceptors (Lipinski definition) is 8. The second-order valence-electron chi connectivity index (χ2n) is 12.0. The number of para-hydroxylation sites is 2. The zero-order valence-electron chi connectivity index (χ0n) is 29.1. The quantitative estimate of drug-likeness (QED) is 0.0814. The first kappa shape index (κ1) is 41.3. The van der Waals surface area contributed by atoms with Crippen LogP contribution in [0.4, 0.5) is 0 Å². The zero-order valence-corrected chi connectivity index (χ0v) is 33.6. The largest absolute Gasteiger partial charge is 0.392 e. The Morgan fingerprint density at radius 3 is 1.75 bits per heavy atom. The monoisotopic (exact) mass is 854 g/mol. The Morgan fingerprint density at radius 2 is 1.26 bits per heavy atom. The van der Waals surface area contributed by atoms with Gasteiger partial charge in [-0.3, -0.25) is 29.8 Å². The number of carbonyl (C=O) groups excluding carboxylic acids is 5. The summed E-state index contributed by atoms with van der Waals surface area (Å²) in [4.78, 5) is 67.4. The third kappa shape index (κ3) is 8.38. The molecular formula is C39H38BrN6O6Y-. The number of fused-ring (bicyclic) bond motifs is 6. The standard InChI is InChI=1S/C19H17N3O3.C16H12BrN3O2.C3H6O.CH3.Y/c23-11-3-4-12-9-10-20-18-17(12)13-5-1-2-6-14(13)22(18)15-7-8-16(24)21-19(15)25;17-10-7-8-18-15-14(10)9-3-1-2-4-11(9)20(15)12-5-6-13(21)19-16(12)22;1-2-3-4;;/h1-2,5-6,9-11,15H,3-4,7-8H2,(H,21,24,25);1-4,7-8,12H,5-6H2,(H,19,21,22);2,4H,1,3H2;1H3;/q;;;-1;. The Balaban J connectivity index is 0.000000209. The minimum absolute atomic E-state index is 0. The van der Waals surface area contributed by atoms with Crippen molar-refractivity contribution >= 4 is 89.7 Å². The van der Waals surface area contributed by atoms with E-state index in [4.69, 9.17) is 5.11 Å². The maximum Gasteiger partial charge on any atom is 0.249 e. The molecule has 2 unspecified atom stereocenters. The van der Waals surface area contributed by atoms with Gasteiger partial charge in [0.15, 0.2) is 0 Å². The smallest absolute Gasteiger partial charge is 0.249 e. The summed E-state index contributed by atoms with van der Waals surface area (Å²) >= 11 is 3.57. The van der Waals surface area contributed by atoms with Gasteiger partial charge >= 0.3 is 0 Å². The van der Waals surface area contributed by atoms with Crippen molar-refractivity contribution in [2.24, 2.45) is 0 Å². The molecule has 6 heterocycles. The number of benzene rings is 2. The average Bonchev–Trinajstić information content (AvgIpc) is 3.65.